The lowest BCUT2D eigenvalue weighted by Gasteiger charge is -2.08. The van der Waals surface area contributed by atoms with Gasteiger partial charge in [-0.3, -0.25) is 9.48 Å². The predicted octanol–water partition coefficient (Wildman–Crippen LogP) is 1.20. The number of carboxylic acid groups (broad SMARTS) is 1. The van der Waals surface area contributed by atoms with Gasteiger partial charge in [0.2, 0.25) is 0 Å². The standard InChI is InChI=1S/C13H22N2O4S/c1-5-20(18,19)7-6-15-11(4)12(10(3)14-15)8-9(2)13(16)17/h9H,5-8H2,1-4H3,(H,16,17). The summed E-state index contributed by atoms with van der Waals surface area (Å²) in [7, 11) is -3.03. The minimum absolute atomic E-state index is 0.0549. The molecule has 1 N–H and O–H groups in total. The number of aromatic nitrogens is 2. The molecule has 6 nitrogen and oxygen atoms in total. The van der Waals surface area contributed by atoms with Crippen molar-refractivity contribution in [3.05, 3.63) is 17.0 Å². The Bertz CT molecular complexity index is 590. The van der Waals surface area contributed by atoms with Gasteiger partial charge in [0.15, 0.2) is 9.84 Å². The number of hydrogen-bond acceptors (Lipinski definition) is 4. The first-order valence-electron chi connectivity index (χ1n) is 6.64. The monoisotopic (exact) mass is 302 g/mol. The van der Waals surface area contributed by atoms with Crippen molar-refractivity contribution in [1.29, 1.82) is 0 Å². The number of nitrogens with zero attached hydrogens (tertiary/aromatic N) is 2. The molecule has 0 bridgehead atoms. The fraction of sp³-hybridized carbons (Fsp3) is 0.692. The molecule has 0 saturated heterocycles. The van der Waals surface area contributed by atoms with Crippen LogP contribution in [0.25, 0.3) is 0 Å². The highest BCUT2D eigenvalue weighted by Gasteiger charge is 2.19. The average Bonchev–Trinajstić information content (AvgIpc) is 2.64. The summed E-state index contributed by atoms with van der Waals surface area (Å²) in [6, 6.07) is 0. The fourth-order valence-corrected chi connectivity index (χ4v) is 2.75. The molecule has 1 heterocycles. The Morgan fingerprint density at radius 1 is 1.40 bits per heavy atom. The predicted molar refractivity (Wildman–Crippen MR) is 76.5 cm³/mol. The second-order valence-electron chi connectivity index (χ2n) is 5.05. The number of aliphatic carboxylic acids is 1. The van der Waals surface area contributed by atoms with Gasteiger partial charge >= 0.3 is 5.97 Å². The zero-order chi connectivity index (χ0) is 15.5. The maximum Gasteiger partial charge on any atom is 0.306 e. The minimum Gasteiger partial charge on any atom is -0.481 e. The first-order chi connectivity index (χ1) is 9.18. The molecule has 1 rings (SSSR count). The van der Waals surface area contributed by atoms with Gasteiger partial charge in [-0.15, -0.1) is 0 Å². The summed E-state index contributed by atoms with van der Waals surface area (Å²) in [6.45, 7) is 7.26. The van der Waals surface area contributed by atoms with Gasteiger partial charge in [-0.2, -0.15) is 5.10 Å². The molecular formula is C13H22N2O4S. The largest absolute Gasteiger partial charge is 0.481 e. The lowest BCUT2D eigenvalue weighted by molar-refractivity contribution is -0.141. The van der Waals surface area contributed by atoms with Crippen LogP contribution in [0.5, 0.6) is 0 Å². The van der Waals surface area contributed by atoms with Crippen LogP contribution in [0, 0.1) is 19.8 Å². The van der Waals surface area contributed by atoms with Crippen LogP contribution >= 0.6 is 0 Å². The third-order valence-corrected chi connectivity index (χ3v) is 5.20. The minimum atomic E-state index is -3.03. The average molecular weight is 302 g/mol. The lowest BCUT2D eigenvalue weighted by Crippen LogP contribution is -2.16. The van der Waals surface area contributed by atoms with Crippen LogP contribution in [-0.4, -0.2) is 40.8 Å². The molecule has 0 aliphatic rings. The zero-order valence-corrected chi connectivity index (χ0v) is 13.2. The van der Waals surface area contributed by atoms with Crippen LogP contribution in [0.3, 0.4) is 0 Å². The van der Waals surface area contributed by atoms with E-state index in [1.807, 2.05) is 13.8 Å². The van der Waals surface area contributed by atoms with Gasteiger partial charge in [0.1, 0.15) is 0 Å². The molecule has 20 heavy (non-hydrogen) atoms. The Morgan fingerprint density at radius 2 is 2.00 bits per heavy atom. The Kier molecular flexibility index (Phi) is 5.33. The van der Waals surface area contributed by atoms with E-state index in [0.717, 1.165) is 17.0 Å². The highest BCUT2D eigenvalue weighted by molar-refractivity contribution is 7.91. The van der Waals surface area contributed by atoms with Crippen LogP contribution in [0.15, 0.2) is 0 Å². The van der Waals surface area contributed by atoms with Crippen LogP contribution in [0.2, 0.25) is 0 Å². The molecule has 1 atom stereocenters. The van der Waals surface area contributed by atoms with Gasteiger partial charge in [-0.1, -0.05) is 13.8 Å². The van der Waals surface area contributed by atoms with Crippen LogP contribution in [0.4, 0.5) is 0 Å². The van der Waals surface area contributed by atoms with Crippen molar-refractivity contribution in [2.45, 2.75) is 40.7 Å². The summed E-state index contributed by atoms with van der Waals surface area (Å²) in [5, 5.41) is 13.3. The zero-order valence-electron chi connectivity index (χ0n) is 12.4. The molecule has 0 spiro atoms. The first kappa shape index (κ1) is 16.7. The number of carbonyl (C=O) groups is 1. The van der Waals surface area contributed by atoms with Crippen molar-refractivity contribution in [2.24, 2.45) is 5.92 Å². The normalized spacial score (nSPS) is 13.4. The highest BCUT2D eigenvalue weighted by atomic mass is 32.2. The van der Waals surface area contributed by atoms with E-state index in [1.54, 1.807) is 18.5 Å². The van der Waals surface area contributed by atoms with E-state index in [1.165, 1.54) is 0 Å². The number of hydrogen-bond donors (Lipinski definition) is 1. The van der Waals surface area contributed by atoms with Crippen molar-refractivity contribution < 1.29 is 18.3 Å². The fourth-order valence-electron chi connectivity index (χ4n) is 2.01. The molecule has 0 saturated carbocycles. The van der Waals surface area contributed by atoms with Crippen LogP contribution in [-0.2, 0) is 27.6 Å². The molecule has 0 aliphatic heterocycles. The molecular weight excluding hydrogens is 280 g/mol. The quantitative estimate of drug-likeness (QED) is 0.817. The summed E-state index contributed by atoms with van der Waals surface area (Å²) < 4.78 is 24.7. The van der Waals surface area contributed by atoms with Gasteiger partial charge < -0.3 is 5.11 Å². The maximum absolute atomic E-state index is 11.5. The molecule has 1 aromatic heterocycles. The summed E-state index contributed by atoms with van der Waals surface area (Å²) >= 11 is 0. The van der Waals surface area contributed by atoms with E-state index in [4.69, 9.17) is 5.11 Å². The molecule has 0 aromatic carbocycles. The Hall–Kier alpha value is -1.37. The van der Waals surface area contributed by atoms with Crippen LogP contribution < -0.4 is 0 Å². The third-order valence-electron chi connectivity index (χ3n) is 3.52. The van der Waals surface area contributed by atoms with Gasteiger partial charge in [0.05, 0.1) is 23.9 Å². The van der Waals surface area contributed by atoms with E-state index in [-0.39, 0.29) is 11.5 Å². The van der Waals surface area contributed by atoms with Gasteiger partial charge in [-0.05, 0) is 25.8 Å². The Labute approximate surface area is 119 Å². The maximum atomic E-state index is 11.5. The number of rotatable bonds is 7. The molecule has 1 aromatic rings. The second-order valence-corrected chi connectivity index (χ2v) is 7.53. The topological polar surface area (TPSA) is 89.3 Å². The van der Waals surface area contributed by atoms with Crippen molar-refractivity contribution >= 4 is 15.8 Å². The number of sulfone groups is 1. The molecule has 0 radical (unpaired) electrons. The van der Waals surface area contributed by atoms with Crippen molar-refractivity contribution in [3.63, 3.8) is 0 Å². The van der Waals surface area contributed by atoms with E-state index in [2.05, 4.69) is 5.10 Å². The number of aryl methyl sites for hydroxylation is 2. The van der Waals surface area contributed by atoms with Crippen molar-refractivity contribution in [1.82, 2.24) is 9.78 Å². The molecule has 114 valence electrons. The summed E-state index contributed by atoms with van der Waals surface area (Å²) in [6.07, 6.45) is 0.410. The van der Waals surface area contributed by atoms with Crippen molar-refractivity contribution in [3.8, 4) is 0 Å². The van der Waals surface area contributed by atoms with E-state index >= 15 is 0 Å². The Morgan fingerprint density at radius 3 is 2.50 bits per heavy atom. The molecule has 0 fully saturated rings. The smallest absolute Gasteiger partial charge is 0.306 e. The lowest BCUT2D eigenvalue weighted by atomic mass is 10.00. The van der Waals surface area contributed by atoms with Crippen LogP contribution in [0.1, 0.15) is 30.8 Å². The molecule has 0 amide bonds. The second kappa shape index (κ2) is 6.39. The van der Waals surface area contributed by atoms with E-state index in [9.17, 15) is 13.2 Å². The van der Waals surface area contributed by atoms with E-state index < -0.39 is 21.7 Å². The summed E-state index contributed by atoms with van der Waals surface area (Å²) in [4.78, 5) is 10.9. The van der Waals surface area contributed by atoms with Gasteiger partial charge in [0.25, 0.3) is 0 Å². The molecule has 1 unspecified atom stereocenters. The Balaban J connectivity index is 2.89. The molecule has 7 heteroatoms. The van der Waals surface area contributed by atoms with Crippen molar-refractivity contribution in [2.75, 3.05) is 11.5 Å². The van der Waals surface area contributed by atoms with Gasteiger partial charge in [-0.25, -0.2) is 8.42 Å². The third kappa shape index (κ3) is 4.06. The highest BCUT2D eigenvalue weighted by Crippen LogP contribution is 2.18. The SMILES string of the molecule is CCS(=O)(=O)CCn1nc(C)c(CC(C)C(=O)O)c1C. The first-order valence-corrected chi connectivity index (χ1v) is 8.46. The van der Waals surface area contributed by atoms with Gasteiger partial charge in [0, 0.05) is 11.4 Å². The summed E-state index contributed by atoms with van der Waals surface area (Å²) in [5.41, 5.74) is 2.51. The molecule has 0 aliphatic carbocycles. The number of carboxylic acids is 1. The summed E-state index contributed by atoms with van der Waals surface area (Å²) in [5.74, 6) is -1.15. The van der Waals surface area contributed by atoms with E-state index in [0.29, 0.717) is 13.0 Å².